The average Bonchev–Trinajstić information content (AvgIpc) is 2.17. The Kier molecular flexibility index (Phi) is 3.32. The molecular weight excluding hydrogens is 180 g/mol. The lowest BCUT2D eigenvalue weighted by molar-refractivity contribution is 1.47. The van der Waals surface area contributed by atoms with Crippen LogP contribution in [-0.2, 0) is 0 Å². The smallest absolute Gasteiger partial charge is 0.0406 e. The zero-order valence-electron chi connectivity index (χ0n) is 7.97. The molecule has 0 aliphatic carbocycles. The summed E-state index contributed by atoms with van der Waals surface area (Å²) in [5.41, 5.74) is 3.38. The maximum atomic E-state index is 5.79. The fraction of sp³-hybridized carbons (Fsp3) is 0.167. The van der Waals surface area contributed by atoms with E-state index in [9.17, 15) is 0 Å². The standard InChI is InChI=1S/C12H13Cl/c1-4-9(2)10(3)11-5-7-12(13)8-6-11/h4-8H,3H2,1-2H3/b9-4-. The van der Waals surface area contributed by atoms with E-state index in [2.05, 4.69) is 19.6 Å². The van der Waals surface area contributed by atoms with E-state index in [0.29, 0.717) is 0 Å². The number of benzene rings is 1. The van der Waals surface area contributed by atoms with Crippen molar-refractivity contribution in [3.05, 3.63) is 53.1 Å². The van der Waals surface area contributed by atoms with Crippen molar-refractivity contribution in [3.63, 3.8) is 0 Å². The number of hydrogen-bond donors (Lipinski definition) is 0. The molecule has 0 bridgehead atoms. The normalized spacial score (nSPS) is 11.5. The van der Waals surface area contributed by atoms with Crippen LogP contribution >= 0.6 is 11.6 Å². The second kappa shape index (κ2) is 4.29. The van der Waals surface area contributed by atoms with Crippen LogP contribution in [0, 0.1) is 0 Å². The molecule has 0 unspecified atom stereocenters. The average molecular weight is 193 g/mol. The molecule has 1 rings (SSSR count). The van der Waals surface area contributed by atoms with Gasteiger partial charge in [0, 0.05) is 5.02 Å². The molecule has 0 aliphatic heterocycles. The van der Waals surface area contributed by atoms with E-state index in [4.69, 9.17) is 11.6 Å². The lowest BCUT2D eigenvalue weighted by Gasteiger charge is -2.05. The fourth-order valence-corrected chi connectivity index (χ4v) is 1.18. The van der Waals surface area contributed by atoms with Gasteiger partial charge in [-0.15, -0.1) is 0 Å². The molecule has 0 atom stereocenters. The first-order chi connectivity index (χ1) is 6.15. The summed E-state index contributed by atoms with van der Waals surface area (Å²) < 4.78 is 0. The molecule has 0 radical (unpaired) electrons. The van der Waals surface area contributed by atoms with Crippen molar-refractivity contribution in [2.24, 2.45) is 0 Å². The Morgan fingerprint density at radius 2 is 1.85 bits per heavy atom. The predicted molar refractivity (Wildman–Crippen MR) is 59.9 cm³/mol. The maximum absolute atomic E-state index is 5.79. The van der Waals surface area contributed by atoms with Gasteiger partial charge < -0.3 is 0 Å². The molecule has 1 aromatic carbocycles. The van der Waals surface area contributed by atoms with Crippen LogP contribution in [0.4, 0.5) is 0 Å². The van der Waals surface area contributed by atoms with Gasteiger partial charge in [-0.25, -0.2) is 0 Å². The maximum Gasteiger partial charge on any atom is 0.0406 e. The first-order valence-corrected chi connectivity index (χ1v) is 4.61. The highest BCUT2D eigenvalue weighted by Crippen LogP contribution is 2.21. The molecule has 0 amide bonds. The third-order valence-corrected chi connectivity index (χ3v) is 2.35. The van der Waals surface area contributed by atoms with Gasteiger partial charge in [0.05, 0.1) is 0 Å². The van der Waals surface area contributed by atoms with Crippen molar-refractivity contribution in [3.8, 4) is 0 Å². The molecule has 0 nitrogen and oxygen atoms in total. The highest BCUT2D eigenvalue weighted by atomic mass is 35.5. The lowest BCUT2D eigenvalue weighted by Crippen LogP contribution is -1.83. The zero-order valence-corrected chi connectivity index (χ0v) is 8.73. The Bertz CT molecular complexity index is 331. The van der Waals surface area contributed by atoms with Gasteiger partial charge in [-0.2, -0.15) is 0 Å². The molecule has 1 aromatic rings. The summed E-state index contributed by atoms with van der Waals surface area (Å²) in [5, 5.41) is 0.759. The first-order valence-electron chi connectivity index (χ1n) is 4.23. The summed E-state index contributed by atoms with van der Waals surface area (Å²) in [7, 11) is 0. The highest BCUT2D eigenvalue weighted by Gasteiger charge is 1.99. The first kappa shape index (κ1) is 10.1. The van der Waals surface area contributed by atoms with E-state index in [1.807, 2.05) is 31.2 Å². The van der Waals surface area contributed by atoms with E-state index >= 15 is 0 Å². The number of halogens is 1. The van der Waals surface area contributed by atoms with Crippen LogP contribution < -0.4 is 0 Å². The van der Waals surface area contributed by atoms with Crippen LogP contribution in [0.3, 0.4) is 0 Å². The minimum absolute atomic E-state index is 0.759. The Balaban J connectivity index is 2.97. The number of hydrogen-bond acceptors (Lipinski definition) is 0. The van der Waals surface area contributed by atoms with Gasteiger partial charge in [0.1, 0.15) is 0 Å². The van der Waals surface area contributed by atoms with Gasteiger partial charge in [0.15, 0.2) is 0 Å². The minimum Gasteiger partial charge on any atom is -0.0909 e. The molecule has 0 N–H and O–H groups in total. The van der Waals surface area contributed by atoms with E-state index in [0.717, 1.165) is 16.2 Å². The van der Waals surface area contributed by atoms with Gasteiger partial charge in [-0.3, -0.25) is 0 Å². The van der Waals surface area contributed by atoms with Crippen molar-refractivity contribution in [1.82, 2.24) is 0 Å². The molecule has 0 heterocycles. The number of rotatable bonds is 2. The molecule has 0 saturated carbocycles. The summed E-state index contributed by atoms with van der Waals surface area (Å²) >= 11 is 5.79. The fourth-order valence-electron chi connectivity index (χ4n) is 1.05. The van der Waals surface area contributed by atoms with Gasteiger partial charge in [0.2, 0.25) is 0 Å². The van der Waals surface area contributed by atoms with Crippen LogP contribution in [-0.4, -0.2) is 0 Å². The van der Waals surface area contributed by atoms with E-state index < -0.39 is 0 Å². The third-order valence-electron chi connectivity index (χ3n) is 2.10. The molecule has 0 fully saturated rings. The molecule has 0 aliphatic rings. The van der Waals surface area contributed by atoms with Crippen LogP contribution in [0.5, 0.6) is 0 Å². The van der Waals surface area contributed by atoms with Crippen LogP contribution in [0.1, 0.15) is 19.4 Å². The molecule has 68 valence electrons. The largest absolute Gasteiger partial charge is 0.0909 e. The van der Waals surface area contributed by atoms with Crippen molar-refractivity contribution in [2.75, 3.05) is 0 Å². The highest BCUT2D eigenvalue weighted by molar-refractivity contribution is 6.30. The Hall–Kier alpha value is -1.01. The lowest BCUT2D eigenvalue weighted by atomic mass is 10.0. The Morgan fingerprint density at radius 1 is 1.31 bits per heavy atom. The Labute approximate surface area is 84.5 Å². The molecule has 0 aromatic heterocycles. The molecule has 13 heavy (non-hydrogen) atoms. The van der Waals surface area contributed by atoms with Crippen LogP contribution in [0.2, 0.25) is 5.02 Å². The van der Waals surface area contributed by atoms with Gasteiger partial charge in [0.25, 0.3) is 0 Å². The van der Waals surface area contributed by atoms with E-state index in [1.54, 1.807) is 0 Å². The van der Waals surface area contributed by atoms with Crippen molar-refractivity contribution >= 4 is 17.2 Å². The monoisotopic (exact) mass is 192 g/mol. The topological polar surface area (TPSA) is 0 Å². The second-order valence-corrected chi connectivity index (χ2v) is 3.39. The van der Waals surface area contributed by atoms with Crippen LogP contribution in [0.15, 0.2) is 42.5 Å². The second-order valence-electron chi connectivity index (χ2n) is 2.96. The van der Waals surface area contributed by atoms with Gasteiger partial charge >= 0.3 is 0 Å². The summed E-state index contributed by atoms with van der Waals surface area (Å²) in [5.74, 6) is 0. The summed E-state index contributed by atoms with van der Waals surface area (Å²) in [6.45, 7) is 8.08. The van der Waals surface area contributed by atoms with E-state index in [-0.39, 0.29) is 0 Å². The Morgan fingerprint density at radius 3 is 2.31 bits per heavy atom. The van der Waals surface area contributed by atoms with Crippen molar-refractivity contribution in [2.45, 2.75) is 13.8 Å². The summed E-state index contributed by atoms with van der Waals surface area (Å²) in [6, 6.07) is 7.73. The van der Waals surface area contributed by atoms with Crippen molar-refractivity contribution < 1.29 is 0 Å². The molecule has 0 saturated heterocycles. The third kappa shape index (κ3) is 2.46. The minimum atomic E-state index is 0.759. The predicted octanol–water partition coefficient (Wildman–Crippen LogP) is 4.32. The van der Waals surface area contributed by atoms with Gasteiger partial charge in [-0.05, 0) is 42.7 Å². The summed E-state index contributed by atoms with van der Waals surface area (Å²) in [6.07, 6.45) is 2.05. The quantitative estimate of drug-likeness (QED) is 0.613. The van der Waals surface area contributed by atoms with Gasteiger partial charge in [-0.1, -0.05) is 36.4 Å². The zero-order chi connectivity index (χ0) is 9.84. The summed E-state index contributed by atoms with van der Waals surface area (Å²) in [4.78, 5) is 0. The molecule has 0 spiro atoms. The molecular formula is C12H13Cl. The van der Waals surface area contributed by atoms with Crippen molar-refractivity contribution in [1.29, 1.82) is 0 Å². The van der Waals surface area contributed by atoms with Crippen LogP contribution in [0.25, 0.3) is 5.57 Å². The number of allylic oxidation sites excluding steroid dienone is 3. The van der Waals surface area contributed by atoms with E-state index in [1.165, 1.54) is 5.57 Å². The molecule has 1 heteroatoms. The SMILES string of the molecule is C=C(/C(C)=C\C)c1ccc(Cl)cc1.